The molecule has 1 aliphatic heterocycles. The van der Waals surface area contributed by atoms with E-state index < -0.39 is 59.7 Å². The summed E-state index contributed by atoms with van der Waals surface area (Å²) in [6, 6.07) is 3.92. The smallest absolute Gasteiger partial charge is 0.416 e. The van der Waals surface area contributed by atoms with Gasteiger partial charge in [0.25, 0.3) is 11.5 Å². The summed E-state index contributed by atoms with van der Waals surface area (Å²) in [4.78, 5) is 62.0. The van der Waals surface area contributed by atoms with Crippen LogP contribution in [-0.2, 0) is 38.9 Å². The molecule has 0 radical (unpaired) electrons. The third-order valence-corrected chi connectivity index (χ3v) is 5.43. The van der Waals surface area contributed by atoms with Crippen LogP contribution in [0.5, 0.6) is 0 Å². The van der Waals surface area contributed by atoms with E-state index in [0.29, 0.717) is 6.42 Å². The molecule has 0 aliphatic carbocycles. The van der Waals surface area contributed by atoms with Gasteiger partial charge in [0.1, 0.15) is 5.82 Å². The van der Waals surface area contributed by atoms with E-state index in [9.17, 15) is 37.1 Å². The number of benzene rings is 1. The minimum absolute atomic E-state index is 0.0386. The Hall–Kier alpha value is -3.90. The molecule has 2 aromatic rings. The lowest BCUT2D eigenvalue weighted by atomic mass is 9.99. The number of anilines is 2. The molecular formula is C22H23F3N4O6. The van der Waals surface area contributed by atoms with Crippen LogP contribution < -0.4 is 21.9 Å². The first-order valence-electron chi connectivity index (χ1n) is 10.7. The molecule has 2 amide bonds. The number of aromatic nitrogens is 2. The second kappa shape index (κ2) is 10.2. The number of carbonyl (C=O) groups excluding carboxylic acids is 3. The minimum atomic E-state index is -4.59. The molecule has 3 rings (SSSR count). The number of hydrogen-bond acceptors (Lipinski definition) is 6. The van der Waals surface area contributed by atoms with Gasteiger partial charge in [-0.3, -0.25) is 28.3 Å². The standard InChI is InChI=1S/C22H23F3N4O6/c1-3-4-8-29-18-17(20(33)28(2)21(29)34)14(19(32)27-18)10-16(31)35-11-15(30)26-13-7-5-6-12(9-13)22(23,24)25/h5-7,9,14H,3-4,8,10-11H2,1-2H3,(H,26,30)(H,27,32)/t14-/m0/s1. The first kappa shape index (κ1) is 25.7. The molecule has 0 unspecified atom stereocenters. The van der Waals surface area contributed by atoms with E-state index in [-0.39, 0.29) is 23.6 Å². The maximum atomic E-state index is 12.8. The molecule has 2 heterocycles. The predicted octanol–water partition coefficient (Wildman–Crippen LogP) is 1.97. The molecule has 0 fully saturated rings. The summed E-state index contributed by atoms with van der Waals surface area (Å²) in [6.45, 7) is 1.36. The molecule has 0 saturated heterocycles. The van der Waals surface area contributed by atoms with Gasteiger partial charge in [-0.05, 0) is 24.6 Å². The molecule has 10 nitrogen and oxygen atoms in total. The van der Waals surface area contributed by atoms with Crippen molar-refractivity contribution in [1.82, 2.24) is 9.13 Å². The zero-order valence-corrected chi connectivity index (χ0v) is 18.9. The van der Waals surface area contributed by atoms with E-state index in [0.717, 1.165) is 29.2 Å². The Morgan fingerprint density at radius 3 is 2.57 bits per heavy atom. The number of esters is 1. The minimum Gasteiger partial charge on any atom is -0.456 e. The van der Waals surface area contributed by atoms with E-state index in [1.54, 1.807) is 0 Å². The maximum absolute atomic E-state index is 12.8. The van der Waals surface area contributed by atoms with Gasteiger partial charge in [0.2, 0.25) is 5.91 Å². The van der Waals surface area contributed by atoms with Crippen molar-refractivity contribution in [1.29, 1.82) is 0 Å². The lowest BCUT2D eigenvalue weighted by Crippen LogP contribution is -2.40. The lowest BCUT2D eigenvalue weighted by molar-refractivity contribution is -0.148. The maximum Gasteiger partial charge on any atom is 0.416 e. The number of amides is 2. The largest absolute Gasteiger partial charge is 0.456 e. The van der Waals surface area contributed by atoms with Crippen LogP contribution in [0.2, 0.25) is 0 Å². The van der Waals surface area contributed by atoms with Gasteiger partial charge in [0.05, 0.1) is 23.5 Å². The topological polar surface area (TPSA) is 128 Å². The first-order valence-corrected chi connectivity index (χ1v) is 10.7. The van der Waals surface area contributed by atoms with Crippen LogP contribution in [0.25, 0.3) is 0 Å². The molecule has 35 heavy (non-hydrogen) atoms. The van der Waals surface area contributed by atoms with E-state index in [2.05, 4.69) is 10.6 Å². The predicted molar refractivity (Wildman–Crippen MR) is 118 cm³/mol. The van der Waals surface area contributed by atoms with Crippen LogP contribution in [0, 0.1) is 0 Å². The summed E-state index contributed by atoms with van der Waals surface area (Å²) in [5.41, 5.74) is -2.47. The number of halogens is 3. The Labute approximate surface area is 196 Å². The number of fused-ring (bicyclic) bond motifs is 1. The molecule has 2 N–H and O–H groups in total. The van der Waals surface area contributed by atoms with Crippen LogP contribution in [0.1, 0.15) is 43.2 Å². The molecular weight excluding hydrogens is 473 g/mol. The van der Waals surface area contributed by atoms with Crippen LogP contribution in [0.4, 0.5) is 24.7 Å². The highest BCUT2D eigenvalue weighted by molar-refractivity contribution is 6.03. The third-order valence-electron chi connectivity index (χ3n) is 5.43. The molecule has 1 aliphatic rings. The average molecular weight is 496 g/mol. The van der Waals surface area contributed by atoms with Crippen molar-refractivity contribution in [2.75, 3.05) is 17.2 Å². The molecule has 0 bridgehead atoms. The number of nitrogens with one attached hydrogen (secondary N) is 2. The Morgan fingerprint density at radius 1 is 1.20 bits per heavy atom. The van der Waals surface area contributed by atoms with Crippen molar-refractivity contribution < 1.29 is 32.3 Å². The lowest BCUT2D eigenvalue weighted by Gasteiger charge is -2.13. The summed E-state index contributed by atoms with van der Waals surface area (Å²) in [5, 5.41) is 4.68. The molecule has 1 atom stereocenters. The van der Waals surface area contributed by atoms with Gasteiger partial charge in [-0.25, -0.2) is 4.79 Å². The van der Waals surface area contributed by atoms with Crippen molar-refractivity contribution in [3.05, 3.63) is 56.2 Å². The van der Waals surface area contributed by atoms with Crippen molar-refractivity contribution in [2.45, 2.75) is 44.8 Å². The Balaban J connectivity index is 1.68. The van der Waals surface area contributed by atoms with Crippen molar-refractivity contribution >= 4 is 29.3 Å². The molecule has 1 aromatic heterocycles. The first-order chi connectivity index (χ1) is 16.4. The van der Waals surface area contributed by atoms with Crippen LogP contribution in [0.15, 0.2) is 33.9 Å². The average Bonchev–Trinajstić information content (AvgIpc) is 3.11. The Morgan fingerprint density at radius 2 is 1.91 bits per heavy atom. The molecule has 0 spiro atoms. The van der Waals surface area contributed by atoms with E-state index in [4.69, 9.17) is 4.74 Å². The second-order valence-electron chi connectivity index (χ2n) is 7.95. The molecule has 0 saturated carbocycles. The quantitative estimate of drug-likeness (QED) is 0.538. The fourth-order valence-electron chi connectivity index (χ4n) is 3.64. The van der Waals surface area contributed by atoms with E-state index in [1.165, 1.54) is 17.7 Å². The number of hydrogen-bond donors (Lipinski definition) is 2. The van der Waals surface area contributed by atoms with Gasteiger partial charge in [-0.15, -0.1) is 0 Å². The van der Waals surface area contributed by atoms with Crippen molar-refractivity contribution in [2.24, 2.45) is 7.05 Å². The highest BCUT2D eigenvalue weighted by Crippen LogP contribution is 2.32. The normalized spacial score (nSPS) is 14.9. The fraction of sp³-hybridized carbons (Fsp3) is 0.409. The zero-order chi connectivity index (χ0) is 25.9. The summed E-state index contributed by atoms with van der Waals surface area (Å²) in [6.07, 6.45) is -3.79. The molecule has 1 aromatic carbocycles. The summed E-state index contributed by atoms with van der Waals surface area (Å²) < 4.78 is 45.4. The number of alkyl halides is 3. The number of nitrogens with zero attached hydrogens (tertiary/aromatic N) is 2. The van der Waals surface area contributed by atoms with Crippen molar-refractivity contribution in [3.63, 3.8) is 0 Å². The second-order valence-corrected chi connectivity index (χ2v) is 7.95. The van der Waals surface area contributed by atoms with Gasteiger partial charge in [0.15, 0.2) is 6.61 Å². The van der Waals surface area contributed by atoms with Crippen LogP contribution >= 0.6 is 0 Å². The van der Waals surface area contributed by atoms with E-state index >= 15 is 0 Å². The Bertz CT molecular complexity index is 1280. The number of rotatable bonds is 8. The monoisotopic (exact) mass is 496 g/mol. The number of carbonyl (C=O) groups is 3. The van der Waals surface area contributed by atoms with Crippen LogP contribution in [0.3, 0.4) is 0 Å². The molecule has 188 valence electrons. The van der Waals surface area contributed by atoms with Gasteiger partial charge >= 0.3 is 17.8 Å². The van der Waals surface area contributed by atoms with Gasteiger partial charge in [0, 0.05) is 19.3 Å². The number of unbranched alkanes of at least 4 members (excludes halogenated alkanes) is 1. The highest BCUT2D eigenvalue weighted by atomic mass is 19.4. The summed E-state index contributed by atoms with van der Waals surface area (Å²) in [7, 11) is 1.27. The third kappa shape index (κ3) is 5.61. The van der Waals surface area contributed by atoms with Gasteiger partial charge < -0.3 is 15.4 Å². The highest BCUT2D eigenvalue weighted by Gasteiger charge is 2.38. The number of ether oxygens (including phenoxy) is 1. The molecule has 13 heteroatoms. The summed E-state index contributed by atoms with van der Waals surface area (Å²) in [5.74, 6) is -3.73. The Kier molecular flexibility index (Phi) is 7.46. The van der Waals surface area contributed by atoms with Crippen LogP contribution in [-0.4, -0.2) is 33.5 Å². The SMILES string of the molecule is CCCCn1c2c(c(=O)n(C)c1=O)[C@H](CC(=O)OCC(=O)Nc1cccc(C(F)(F)F)c1)C(=O)N2. The van der Waals surface area contributed by atoms with Gasteiger partial charge in [-0.1, -0.05) is 19.4 Å². The zero-order valence-electron chi connectivity index (χ0n) is 18.9. The van der Waals surface area contributed by atoms with Gasteiger partial charge in [-0.2, -0.15) is 13.2 Å². The van der Waals surface area contributed by atoms with Crippen molar-refractivity contribution in [3.8, 4) is 0 Å². The fourth-order valence-corrected chi connectivity index (χ4v) is 3.64. The summed E-state index contributed by atoms with van der Waals surface area (Å²) >= 11 is 0. The van der Waals surface area contributed by atoms with E-state index in [1.807, 2.05) is 6.92 Å².